The molecule has 6 nitrogen and oxygen atoms in total. The number of hydrogen-bond donors (Lipinski definition) is 1. The zero-order valence-corrected chi connectivity index (χ0v) is 17.6. The molecule has 0 spiro atoms. The third-order valence-corrected chi connectivity index (χ3v) is 4.48. The van der Waals surface area contributed by atoms with Crippen molar-refractivity contribution in [3.05, 3.63) is 66.0 Å². The maximum Gasteiger partial charge on any atom is 0.329 e. The van der Waals surface area contributed by atoms with Crippen LogP contribution in [-0.4, -0.2) is 36.5 Å². The largest absolute Gasteiger partial charge is 0.454 e. The first kappa shape index (κ1) is 23.1. The molecule has 2 amide bonds. The zero-order chi connectivity index (χ0) is 22.3. The van der Waals surface area contributed by atoms with Crippen molar-refractivity contribution in [3.8, 4) is 0 Å². The normalized spacial score (nSPS) is 11.8. The zero-order valence-electron chi connectivity index (χ0n) is 17.6. The van der Waals surface area contributed by atoms with E-state index in [1.165, 1.54) is 29.2 Å². The maximum absolute atomic E-state index is 13.8. The quantitative estimate of drug-likeness (QED) is 0.670. The van der Waals surface area contributed by atoms with E-state index in [1.54, 1.807) is 26.0 Å². The molecule has 0 radical (unpaired) electrons. The molecule has 0 unspecified atom stereocenters. The van der Waals surface area contributed by atoms with Gasteiger partial charge in [0, 0.05) is 11.7 Å². The van der Waals surface area contributed by atoms with Crippen LogP contribution in [0.4, 0.5) is 10.1 Å². The van der Waals surface area contributed by atoms with Gasteiger partial charge in [0.1, 0.15) is 11.9 Å². The number of anilines is 1. The molecule has 7 heteroatoms. The van der Waals surface area contributed by atoms with E-state index < -0.39 is 30.3 Å². The average molecular weight is 414 g/mol. The Bertz CT molecular complexity index is 884. The molecule has 0 saturated carbocycles. The van der Waals surface area contributed by atoms with Crippen LogP contribution < -0.4 is 10.2 Å². The molecule has 0 aliphatic rings. The summed E-state index contributed by atoms with van der Waals surface area (Å²) in [6.45, 7) is 6.70. The number of nitrogens with zero attached hydrogens (tertiary/aromatic N) is 1. The summed E-state index contributed by atoms with van der Waals surface area (Å²) < 4.78 is 19.1. The minimum Gasteiger partial charge on any atom is -0.454 e. The Labute approximate surface area is 176 Å². The van der Waals surface area contributed by atoms with Crippen molar-refractivity contribution >= 4 is 23.5 Å². The standard InChI is InChI=1S/C23H27FN2O4/c1-15(2)21(25-22(28)18-12-8-9-13-19(18)24)23(29)30-14-20(27)26(16(3)4)17-10-6-5-7-11-17/h5-13,15-16,21H,14H2,1-4H3,(H,25,28)/t21-/m0/s1. The number of carbonyl (C=O) groups excluding carboxylic acids is 3. The van der Waals surface area contributed by atoms with Crippen molar-refractivity contribution < 1.29 is 23.5 Å². The number of benzene rings is 2. The van der Waals surface area contributed by atoms with Crippen LogP contribution in [0.3, 0.4) is 0 Å². The van der Waals surface area contributed by atoms with Crippen molar-refractivity contribution in [2.75, 3.05) is 11.5 Å². The van der Waals surface area contributed by atoms with Crippen molar-refractivity contribution in [3.63, 3.8) is 0 Å². The molecule has 2 aromatic carbocycles. The summed E-state index contributed by atoms with van der Waals surface area (Å²) in [5.41, 5.74) is 0.531. The van der Waals surface area contributed by atoms with Gasteiger partial charge in [-0.2, -0.15) is 0 Å². The van der Waals surface area contributed by atoms with E-state index in [-0.39, 0.29) is 23.4 Å². The molecule has 160 valence electrons. The molecule has 0 aromatic heterocycles. The van der Waals surface area contributed by atoms with E-state index in [2.05, 4.69) is 5.32 Å². The van der Waals surface area contributed by atoms with E-state index >= 15 is 0 Å². The van der Waals surface area contributed by atoms with Crippen LogP contribution in [0, 0.1) is 11.7 Å². The topological polar surface area (TPSA) is 75.7 Å². The van der Waals surface area contributed by atoms with Crippen molar-refractivity contribution in [1.29, 1.82) is 0 Å². The first-order valence-electron chi connectivity index (χ1n) is 9.81. The molecule has 2 aromatic rings. The van der Waals surface area contributed by atoms with Gasteiger partial charge in [0.15, 0.2) is 6.61 Å². The van der Waals surface area contributed by atoms with Gasteiger partial charge < -0.3 is 15.0 Å². The molecule has 0 saturated heterocycles. The van der Waals surface area contributed by atoms with Gasteiger partial charge in [-0.15, -0.1) is 0 Å². The first-order chi connectivity index (χ1) is 14.2. The summed E-state index contributed by atoms with van der Waals surface area (Å²) >= 11 is 0. The fraction of sp³-hybridized carbons (Fsp3) is 0.348. The molecule has 2 rings (SSSR count). The maximum atomic E-state index is 13.8. The lowest BCUT2D eigenvalue weighted by atomic mass is 10.0. The number of carbonyl (C=O) groups is 3. The van der Waals surface area contributed by atoms with Gasteiger partial charge in [0.05, 0.1) is 5.56 Å². The Hall–Kier alpha value is -3.22. The molecule has 1 N–H and O–H groups in total. The van der Waals surface area contributed by atoms with Crippen LogP contribution in [0.15, 0.2) is 54.6 Å². The Morgan fingerprint density at radius 3 is 2.13 bits per heavy atom. The van der Waals surface area contributed by atoms with Gasteiger partial charge in [-0.1, -0.05) is 44.2 Å². The van der Waals surface area contributed by atoms with Gasteiger partial charge in [-0.05, 0) is 44.0 Å². The Morgan fingerprint density at radius 2 is 1.57 bits per heavy atom. The van der Waals surface area contributed by atoms with E-state index in [9.17, 15) is 18.8 Å². The average Bonchev–Trinajstić information content (AvgIpc) is 2.70. The number of rotatable bonds is 8. The highest BCUT2D eigenvalue weighted by Gasteiger charge is 2.28. The third-order valence-electron chi connectivity index (χ3n) is 4.48. The lowest BCUT2D eigenvalue weighted by Gasteiger charge is -2.27. The van der Waals surface area contributed by atoms with Crippen LogP contribution in [0.5, 0.6) is 0 Å². The Kier molecular flexibility index (Phi) is 8.09. The predicted molar refractivity (Wildman–Crippen MR) is 113 cm³/mol. The van der Waals surface area contributed by atoms with Crippen molar-refractivity contribution in [1.82, 2.24) is 5.32 Å². The van der Waals surface area contributed by atoms with E-state index in [0.29, 0.717) is 5.69 Å². The fourth-order valence-corrected chi connectivity index (χ4v) is 2.97. The van der Waals surface area contributed by atoms with Crippen molar-refractivity contribution in [2.45, 2.75) is 39.8 Å². The molecular formula is C23H27FN2O4. The SMILES string of the molecule is CC(C)[C@H](NC(=O)c1ccccc1F)C(=O)OCC(=O)N(c1ccccc1)C(C)C. The molecule has 0 bridgehead atoms. The summed E-state index contributed by atoms with van der Waals surface area (Å²) in [4.78, 5) is 39.2. The third kappa shape index (κ3) is 5.89. The molecule has 0 aliphatic carbocycles. The number of ether oxygens (including phenoxy) is 1. The molecule has 1 atom stereocenters. The molecule has 30 heavy (non-hydrogen) atoms. The van der Waals surface area contributed by atoms with Crippen LogP contribution >= 0.6 is 0 Å². The second-order valence-corrected chi connectivity index (χ2v) is 7.48. The van der Waals surface area contributed by atoms with Gasteiger partial charge in [-0.3, -0.25) is 9.59 Å². The number of para-hydroxylation sites is 1. The summed E-state index contributed by atoms with van der Waals surface area (Å²) in [6.07, 6.45) is 0. The van der Waals surface area contributed by atoms with Crippen LogP contribution in [0.2, 0.25) is 0 Å². The summed E-state index contributed by atoms with van der Waals surface area (Å²) in [5, 5.41) is 2.50. The molecule has 0 heterocycles. The van der Waals surface area contributed by atoms with Crippen LogP contribution in [0.1, 0.15) is 38.1 Å². The number of hydrogen-bond acceptors (Lipinski definition) is 4. The highest BCUT2D eigenvalue weighted by Crippen LogP contribution is 2.17. The van der Waals surface area contributed by atoms with E-state index in [1.807, 2.05) is 32.0 Å². The second-order valence-electron chi connectivity index (χ2n) is 7.48. The van der Waals surface area contributed by atoms with Crippen molar-refractivity contribution in [2.24, 2.45) is 5.92 Å². The minimum absolute atomic E-state index is 0.139. The predicted octanol–water partition coefficient (Wildman–Crippen LogP) is 3.56. The molecular weight excluding hydrogens is 387 g/mol. The smallest absolute Gasteiger partial charge is 0.329 e. The lowest BCUT2D eigenvalue weighted by molar-refractivity contribution is -0.150. The Balaban J connectivity index is 2.05. The highest BCUT2D eigenvalue weighted by atomic mass is 19.1. The second kappa shape index (κ2) is 10.5. The number of esters is 1. The minimum atomic E-state index is -1.02. The summed E-state index contributed by atoms with van der Waals surface area (Å²) in [6, 6.07) is 13.4. The number of halogens is 1. The number of nitrogens with one attached hydrogen (secondary N) is 1. The van der Waals surface area contributed by atoms with Gasteiger partial charge in [0.25, 0.3) is 11.8 Å². The highest BCUT2D eigenvalue weighted by molar-refractivity contribution is 5.98. The fourth-order valence-electron chi connectivity index (χ4n) is 2.97. The Morgan fingerprint density at radius 1 is 0.967 bits per heavy atom. The first-order valence-corrected chi connectivity index (χ1v) is 9.81. The van der Waals surface area contributed by atoms with Gasteiger partial charge in [0.2, 0.25) is 0 Å². The summed E-state index contributed by atoms with van der Waals surface area (Å²) in [5.74, 6) is -2.86. The van der Waals surface area contributed by atoms with E-state index in [0.717, 1.165) is 0 Å². The number of amides is 2. The van der Waals surface area contributed by atoms with Crippen LogP contribution in [-0.2, 0) is 14.3 Å². The monoisotopic (exact) mass is 414 g/mol. The van der Waals surface area contributed by atoms with E-state index in [4.69, 9.17) is 4.74 Å². The van der Waals surface area contributed by atoms with Crippen LogP contribution in [0.25, 0.3) is 0 Å². The van der Waals surface area contributed by atoms with Gasteiger partial charge in [-0.25, -0.2) is 9.18 Å². The summed E-state index contributed by atoms with van der Waals surface area (Å²) in [7, 11) is 0. The lowest BCUT2D eigenvalue weighted by Crippen LogP contribution is -2.47. The molecule has 0 fully saturated rings. The molecule has 0 aliphatic heterocycles. The van der Waals surface area contributed by atoms with Gasteiger partial charge >= 0.3 is 5.97 Å².